The second-order valence-electron chi connectivity index (χ2n) is 4.74. The number of aryl methyl sites for hydroxylation is 1. The summed E-state index contributed by atoms with van der Waals surface area (Å²) in [5, 5.41) is 6.51. The molecule has 7 heteroatoms. The molecule has 6 nitrogen and oxygen atoms in total. The third-order valence-corrected chi connectivity index (χ3v) is 3.07. The topological polar surface area (TPSA) is 63.5 Å². The predicted molar refractivity (Wildman–Crippen MR) is 104 cm³/mol. The van der Waals surface area contributed by atoms with Crippen LogP contribution in [0.15, 0.2) is 54.0 Å². The van der Waals surface area contributed by atoms with Gasteiger partial charge in [0.2, 0.25) is 0 Å². The number of imidazole rings is 1. The fourth-order valence-corrected chi connectivity index (χ4v) is 1.96. The third kappa shape index (κ3) is 7.87. The Labute approximate surface area is 154 Å². The highest BCUT2D eigenvalue weighted by Gasteiger charge is 1.97. The van der Waals surface area contributed by atoms with E-state index in [0.717, 1.165) is 31.2 Å². The minimum atomic E-state index is 0. The highest BCUT2D eigenvalue weighted by Crippen LogP contribution is 2.07. The first kappa shape index (κ1) is 19.3. The maximum absolute atomic E-state index is 5.62. The number of nitrogens with zero attached hydrogens (tertiary/aromatic N) is 3. The molecule has 0 saturated heterocycles. The minimum Gasteiger partial charge on any atom is -0.492 e. The van der Waals surface area contributed by atoms with Crippen molar-refractivity contribution in [3.05, 3.63) is 49.1 Å². The minimum absolute atomic E-state index is 0. The lowest BCUT2D eigenvalue weighted by molar-refractivity contribution is 0.322. The zero-order valence-corrected chi connectivity index (χ0v) is 15.6. The van der Waals surface area contributed by atoms with Crippen LogP contribution in [0.1, 0.15) is 6.42 Å². The van der Waals surface area contributed by atoms with Crippen LogP contribution >= 0.6 is 24.0 Å². The molecule has 23 heavy (non-hydrogen) atoms. The van der Waals surface area contributed by atoms with Crippen molar-refractivity contribution in [2.75, 3.05) is 26.7 Å². The van der Waals surface area contributed by atoms with Gasteiger partial charge in [0.05, 0.1) is 12.9 Å². The van der Waals surface area contributed by atoms with Crippen LogP contribution in [-0.2, 0) is 6.54 Å². The summed E-state index contributed by atoms with van der Waals surface area (Å²) in [6.45, 7) is 3.11. The smallest absolute Gasteiger partial charge is 0.191 e. The van der Waals surface area contributed by atoms with Gasteiger partial charge >= 0.3 is 0 Å². The predicted octanol–water partition coefficient (Wildman–Crippen LogP) is 2.14. The Bertz CT molecular complexity index is 545. The number of hydrogen-bond acceptors (Lipinski definition) is 3. The molecular weight excluding hydrogens is 405 g/mol. The molecule has 0 aliphatic rings. The number of hydrogen-bond donors (Lipinski definition) is 2. The quantitative estimate of drug-likeness (QED) is 0.292. The molecule has 0 radical (unpaired) electrons. The lowest BCUT2D eigenvalue weighted by Gasteiger charge is -2.12. The normalized spacial score (nSPS) is 10.7. The average Bonchev–Trinajstić information content (AvgIpc) is 3.08. The molecule has 2 N–H and O–H groups in total. The second-order valence-corrected chi connectivity index (χ2v) is 4.74. The molecule has 0 aliphatic heterocycles. The number of rotatable bonds is 8. The number of halogens is 1. The fraction of sp³-hybridized carbons (Fsp3) is 0.375. The summed E-state index contributed by atoms with van der Waals surface area (Å²) in [5.41, 5.74) is 0. The molecular formula is C16H24IN5O. The van der Waals surface area contributed by atoms with Gasteiger partial charge in [-0.05, 0) is 18.6 Å². The van der Waals surface area contributed by atoms with Crippen LogP contribution in [0.3, 0.4) is 0 Å². The summed E-state index contributed by atoms with van der Waals surface area (Å²) in [4.78, 5) is 8.21. The van der Waals surface area contributed by atoms with Gasteiger partial charge in [-0.25, -0.2) is 4.98 Å². The standard InChI is InChI=1S/C16H23N5O.HI/c1-17-16(19-8-5-11-21-12-9-18-14-21)20-10-13-22-15-6-3-2-4-7-15;/h2-4,6-7,9,12,14H,5,8,10-11,13H2,1H3,(H2,17,19,20);1H. The van der Waals surface area contributed by atoms with E-state index in [1.54, 1.807) is 13.2 Å². The van der Waals surface area contributed by atoms with Gasteiger partial charge in [-0.15, -0.1) is 24.0 Å². The average molecular weight is 429 g/mol. The van der Waals surface area contributed by atoms with Crippen LogP contribution in [0.4, 0.5) is 0 Å². The molecule has 1 aromatic carbocycles. The van der Waals surface area contributed by atoms with Crippen molar-refractivity contribution in [2.45, 2.75) is 13.0 Å². The van der Waals surface area contributed by atoms with Crippen LogP contribution in [0.5, 0.6) is 5.75 Å². The Morgan fingerprint density at radius 3 is 2.70 bits per heavy atom. The Hall–Kier alpha value is -1.77. The number of aliphatic imine (C=N–C) groups is 1. The highest BCUT2D eigenvalue weighted by atomic mass is 127. The number of nitrogens with one attached hydrogen (secondary N) is 2. The van der Waals surface area contributed by atoms with Crippen molar-refractivity contribution in [3.8, 4) is 5.75 Å². The highest BCUT2D eigenvalue weighted by molar-refractivity contribution is 14.0. The first-order valence-electron chi connectivity index (χ1n) is 7.46. The first-order chi connectivity index (χ1) is 10.9. The molecule has 1 aromatic heterocycles. The third-order valence-electron chi connectivity index (χ3n) is 3.07. The van der Waals surface area contributed by atoms with Gasteiger partial charge in [-0.3, -0.25) is 4.99 Å². The van der Waals surface area contributed by atoms with Crippen molar-refractivity contribution >= 4 is 29.9 Å². The molecule has 0 amide bonds. The van der Waals surface area contributed by atoms with Crippen molar-refractivity contribution in [3.63, 3.8) is 0 Å². The van der Waals surface area contributed by atoms with E-state index in [4.69, 9.17) is 4.74 Å². The molecule has 0 bridgehead atoms. The van der Waals surface area contributed by atoms with Gasteiger partial charge in [0, 0.05) is 32.5 Å². The summed E-state index contributed by atoms with van der Waals surface area (Å²) in [6.07, 6.45) is 6.60. The zero-order chi connectivity index (χ0) is 15.5. The van der Waals surface area contributed by atoms with Gasteiger partial charge in [-0.2, -0.15) is 0 Å². The lowest BCUT2D eigenvalue weighted by atomic mass is 10.3. The van der Waals surface area contributed by atoms with Gasteiger partial charge in [-0.1, -0.05) is 18.2 Å². The number of benzene rings is 1. The maximum Gasteiger partial charge on any atom is 0.191 e. The summed E-state index contributed by atoms with van der Waals surface area (Å²) >= 11 is 0. The first-order valence-corrected chi connectivity index (χ1v) is 7.46. The van der Waals surface area contributed by atoms with Gasteiger partial charge < -0.3 is 19.9 Å². The van der Waals surface area contributed by atoms with E-state index in [0.29, 0.717) is 13.2 Å². The second kappa shape index (κ2) is 11.8. The Kier molecular flexibility index (Phi) is 9.85. The van der Waals surface area contributed by atoms with E-state index in [1.165, 1.54) is 0 Å². The molecule has 0 aliphatic carbocycles. The molecule has 1 heterocycles. The van der Waals surface area contributed by atoms with E-state index in [-0.39, 0.29) is 24.0 Å². The van der Waals surface area contributed by atoms with E-state index in [9.17, 15) is 0 Å². The van der Waals surface area contributed by atoms with Crippen molar-refractivity contribution in [1.82, 2.24) is 20.2 Å². The van der Waals surface area contributed by atoms with E-state index in [2.05, 4.69) is 25.2 Å². The molecule has 0 spiro atoms. The Balaban J connectivity index is 0.00000264. The molecule has 126 valence electrons. The van der Waals surface area contributed by atoms with Gasteiger partial charge in [0.1, 0.15) is 12.4 Å². The summed E-state index contributed by atoms with van der Waals surface area (Å²) < 4.78 is 7.68. The van der Waals surface area contributed by atoms with Crippen LogP contribution in [0.25, 0.3) is 0 Å². The SMILES string of the molecule is CN=C(NCCCn1ccnc1)NCCOc1ccccc1.I. The van der Waals surface area contributed by atoms with Gasteiger partial charge in [0.15, 0.2) is 5.96 Å². The van der Waals surface area contributed by atoms with Crippen LogP contribution < -0.4 is 15.4 Å². The number of ether oxygens (including phenoxy) is 1. The summed E-state index contributed by atoms with van der Waals surface area (Å²) in [6, 6.07) is 9.79. The summed E-state index contributed by atoms with van der Waals surface area (Å²) in [5.74, 6) is 1.68. The molecule has 0 unspecified atom stereocenters. The zero-order valence-electron chi connectivity index (χ0n) is 13.3. The Morgan fingerprint density at radius 1 is 1.22 bits per heavy atom. The molecule has 2 rings (SSSR count). The van der Waals surface area contributed by atoms with E-state index >= 15 is 0 Å². The fourth-order valence-electron chi connectivity index (χ4n) is 1.96. The van der Waals surface area contributed by atoms with E-state index < -0.39 is 0 Å². The van der Waals surface area contributed by atoms with Crippen LogP contribution in [0.2, 0.25) is 0 Å². The monoisotopic (exact) mass is 429 g/mol. The molecule has 0 fully saturated rings. The lowest BCUT2D eigenvalue weighted by Crippen LogP contribution is -2.39. The molecule has 0 saturated carbocycles. The van der Waals surface area contributed by atoms with Gasteiger partial charge in [0.25, 0.3) is 0 Å². The van der Waals surface area contributed by atoms with Crippen molar-refractivity contribution < 1.29 is 4.74 Å². The molecule has 0 atom stereocenters. The molecule has 2 aromatic rings. The number of guanidine groups is 1. The number of aromatic nitrogens is 2. The Morgan fingerprint density at radius 2 is 2.00 bits per heavy atom. The van der Waals surface area contributed by atoms with Crippen LogP contribution in [0, 0.1) is 0 Å². The van der Waals surface area contributed by atoms with E-state index in [1.807, 2.05) is 42.9 Å². The number of para-hydroxylation sites is 1. The summed E-state index contributed by atoms with van der Waals surface area (Å²) in [7, 11) is 1.77. The van der Waals surface area contributed by atoms with Crippen LogP contribution in [-0.4, -0.2) is 42.3 Å². The van der Waals surface area contributed by atoms with Crippen molar-refractivity contribution in [1.29, 1.82) is 0 Å². The van der Waals surface area contributed by atoms with Crippen molar-refractivity contribution in [2.24, 2.45) is 4.99 Å². The maximum atomic E-state index is 5.62. The largest absolute Gasteiger partial charge is 0.492 e.